The summed E-state index contributed by atoms with van der Waals surface area (Å²) < 4.78 is 0. The molecule has 0 saturated heterocycles. The van der Waals surface area contributed by atoms with Crippen LogP contribution in [0.2, 0.25) is 0 Å². The van der Waals surface area contributed by atoms with Gasteiger partial charge in [-0.15, -0.1) is 0 Å². The molecule has 4 heteroatoms. The Morgan fingerprint density at radius 3 is 2.71 bits per heavy atom. The van der Waals surface area contributed by atoms with Crippen molar-refractivity contribution >= 4 is 11.8 Å². The van der Waals surface area contributed by atoms with Gasteiger partial charge in [-0.2, -0.15) is 0 Å². The van der Waals surface area contributed by atoms with Gasteiger partial charge in [0, 0.05) is 23.7 Å². The Morgan fingerprint density at radius 1 is 1.14 bits per heavy atom. The van der Waals surface area contributed by atoms with Gasteiger partial charge in [0.05, 0.1) is 6.20 Å². The highest BCUT2D eigenvalue weighted by Crippen LogP contribution is 2.40. The second kappa shape index (κ2) is 7.05. The van der Waals surface area contributed by atoms with Gasteiger partial charge in [-0.25, -0.2) is 4.98 Å². The van der Waals surface area contributed by atoms with Crippen LogP contribution in [-0.2, 0) is 0 Å². The fourth-order valence-electron chi connectivity index (χ4n) is 3.12. The monoisotopic (exact) mass is 299 g/mol. The molecule has 1 N–H and O–H groups in total. The summed E-state index contributed by atoms with van der Waals surface area (Å²) >= 11 is 1.86. The smallest absolute Gasteiger partial charge is 0.115 e. The summed E-state index contributed by atoms with van der Waals surface area (Å²) in [5, 5.41) is 5.05. The number of aromatic nitrogens is 2. The summed E-state index contributed by atoms with van der Waals surface area (Å²) in [4.78, 5) is 8.59. The molecule has 1 fully saturated rings. The molecule has 3 atom stereocenters. The number of rotatable bonds is 4. The first kappa shape index (κ1) is 14.5. The molecule has 3 nitrogen and oxygen atoms in total. The van der Waals surface area contributed by atoms with Crippen molar-refractivity contribution < 1.29 is 0 Å². The van der Waals surface area contributed by atoms with Crippen molar-refractivity contribution in [1.29, 1.82) is 0 Å². The summed E-state index contributed by atoms with van der Waals surface area (Å²) in [7, 11) is 2.07. The first-order valence-electron chi connectivity index (χ1n) is 7.51. The van der Waals surface area contributed by atoms with Crippen LogP contribution in [0.15, 0.2) is 53.9 Å². The first-order chi connectivity index (χ1) is 10.4. The first-order valence-corrected chi connectivity index (χ1v) is 8.39. The third-order valence-corrected chi connectivity index (χ3v) is 5.52. The number of thioether (sulfide) groups is 1. The SMILES string of the molecule is CNC1CCC(c2ccccc2)CC1Sc1cnccn1. The summed E-state index contributed by atoms with van der Waals surface area (Å²) in [5.41, 5.74) is 1.47. The predicted octanol–water partition coefficient (Wildman–Crippen LogP) is 3.49. The molecule has 1 aliphatic carbocycles. The van der Waals surface area contributed by atoms with Crippen LogP contribution < -0.4 is 5.32 Å². The molecule has 0 radical (unpaired) electrons. The van der Waals surface area contributed by atoms with E-state index in [9.17, 15) is 0 Å². The zero-order valence-electron chi connectivity index (χ0n) is 12.3. The van der Waals surface area contributed by atoms with Crippen molar-refractivity contribution in [2.45, 2.75) is 41.5 Å². The predicted molar refractivity (Wildman–Crippen MR) is 87.6 cm³/mol. The number of nitrogens with zero attached hydrogens (tertiary/aromatic N) is 2. The van der Waals surface area contributed by atoms with Crippen LogP contribution in [0.25, 0.3) is 0 Å². The highest BCUT2D eigenvalue weighted by Gasteiger charge is 2.31. The van der Waals surface area contributed by atoms with Gasteiger partial charge in [-0.1, -0.05) is 42.1 Å². The number of hydrogen-bond acceptors (Lipinski definition) is 4. The largest absolute Gasteiger partial charge is 0.316 e. The highest BCUT2D eigenvalue weighted by molar-refractivity contribution is 7.99. The molecule has 110 valence electrons. The maximum Gasteiger partial charge on any atom is 0.115 e. The molecule has 0 amide bonds. The van der Waals surface area contributed by atoms with Crippen molar-refractivity contribution in [2.24, 2.45) is 0 Å². The molecule has 21 heavy (non-hydrogen) atoms. The lowest BCUT2D eigenvalue weighted by Gasteiger charge is -2.35. The van der Waals surface area contributed by atoms with E-state index in [1.807, 2.05) is 18.0 Å². The Hall–Kier alpha value is -1.39. The van der Waals surface area contributed by atoms with Gasteiger partial charge in [-0.3, -0.25) is 4.98 Å². The van der Waals surface area contributed by atoms with Gasteiger partial charge < -0.3 is 5.32 Å². The average Bonchev–Trinajstić information content (AvgIpc) is 2.56. The number of nitrogens with one attached hydrogen (secondary N) is 1. The van der Waals surface area contributed by atoms with Crippen LogP contribution in [0.1, 0.15) is 30.7 Å². The van der Waals surface area contributed by atoms with Crippen molar-refractivity contribution in [3.8, 4) is 0 Å². The molecule has 1 heterocycles. The lowest BCUT2D eigenvalue weighted by Crippen LogP contribution is -2.40. The maximum absolute atomic E-state index is 4.41. The van der Waals surface area contributed by atoms with Crippen LogP contribution in [0, 0.1) is 0 Å². The highest BCUT2D eigenvalue weighted by atomic mass is 32.2. The van der Waals surface area contributed by atoms with E-state index in [-0.39, 0.29) is 0 Å². The van der Waals surface area contributed by atoms with Crippen molar-refractivity contribution in [3.05, 3.63) is 54.5 Å². The molecular formula is C17H21N3S. The van der Waals surface area contributed by atoms with E-state index in [4.69, 9.17) is 0 Å². The van der Waals surface area contributed by atoms with Gasteiger partial charge in [0.15, 0.2) is 0 Å². The minimum Gasteiger partial charge on any atom is -0.316 e. The van der Waals surface area contributed by atoms with E-state index in [0.717, 1.165) is 5.03 Å². The van der Waals surface area contributed by atoms with E-state index in [0.29, 0.717) is 17.2 Å². The molecule has 1 aromatic carbocycles. The van der Waals surface area contributed by atoms with Crippen LogP contribution >= 0.6 is 11.8 Å². The lowest BCUT2D eigenvalue weighted by atomic mass is 9.81. The molecule has 3 rings (SSSR count). The van der Waals surface area contributed by atoms with Crippen LogP contribution in [0.4, 0.5) is 0 Å². The zero-order chi connectivity index (χ0) is 14.5. The Balaban J connectivity index is 1.73. The molecule has 0 spiro atoms. The molecule has 1 saturated carbocycles. The fourth-order valence-corrected chi connectivity index (χ4v) is 4.44. The van der Waals surface area contributed by atoms with Crippen LogP contribution in [-0.4, -0.2) is 28.3 Å². The molecule has 0 aliphatic heterocycles. The normalized spacial score (nSPS) is 25.7. The molecular weight excluding hydrogens is 278 g/mol. The van der Waals surface area contributed by atoms with Crippen LogP contribution in [0.5, 0.6) is 0 Å². The summed E-state index contributed by atoms with van der Waals surface area (Å²) in [6, 6.07) is 11.4. The summed E-state index contributed by atoms with van der Waals surface area (Å²) in [6.07, 6.45) is 9.03. The standard InChI is InChI=1S/C17H21N3S/c1-18-15-8-7-14(13-5-3-2-4-6-13)11-16(15)21-17-12-19-9-10-20-17/h2-6,9-10,12,14-16,18H,7-8,11H2,1H3. The van der Waals surface area contributed by atoms with E-state index >= 15 is 0 Å². The Bertz CT molecular complexity index is 546. The minimum atomic E-state index is 0.547. The topological polar surface area (TPSA) is 37.8 Å². The van der Waals surface area contributed by atoms with Crippen molar-refractivity contribution in [2.75, 3.05) is 7.05 Å². The maximum atomic E-state index is 4.41. The number of hydrogen-bond donors (Lipinski definition) is 1. The second-order valence-corrected chi connectivity index (χ2v) is 6.78. The molecule has 1 aliphatic rings. The molecule has 3 unspecified atom stereocenters. The zero-order valence-corrected chi connectivity index (χ0v) is 13.1. The van der Waals surface area contributed by atoms with Gasteiger partial charge >= 0.3 is 0 Å². The second-order valence-electron chi connectivity index (χ2n) is 5.52. The fraction of sp³-hybridized carbons (Fsp3) is 0.412. The van der Waals surface area contributed by atoms with Crippen molar-refractivity contribution in [1.82, 2.24) is 15.3 Å². The minimum absolute atomic E-state index is 0.547. The third-order valence-electron chi connectivity index (χ3n) is 4.25. The van der Waals surface area contributed by atoms with E-state index in [1.54, 1.807) is 12.4 Å². The third kappa shape index (κ3) is 3.63. The van der Waals surface area contributed by atoms with Gasteiger partial charge in [-0.05, 0) is 37.8 Å². The Kier molecular flexibility index (Phi) is 4.88. The Morgan fingerprint density at radius 2 is 2.00 bits per heavy atom. The van der Waals surface area contributed by atoms with Gasteiger partial charge in [0.25, 0.3) is 0 Å². The van der Waals surface area contributed by atoms with Crippen LogP contribution in [0.3, 0.4) is 0 Å². The van der Waals surface area contributed by atoms with E-state index in [1.165, 1.54) is 24.8 Å². The van der Waals surface area contributed by atoms with Gasteiger partial charge in [0.1, 0.15) is 5.03 Å². The van der Waals surface area contributed by atoms with E-state index in [2.05, 4.69) is 52.7 Å². The molecule has 0 bridgehead atoms. The van der Waals surface area contributed by atoms with Gasteiger partial charge in [0.2, 0.25) is 0 Å². The summed E-state index contributed by atoms with van der Waals surface area (Å²) in [6.45, 7) is 0. The lowest BCUT2D eigenvalue weighted by molar-refractivity contribution is 0.369. The molecule has 2 aromatic rings. The van der Waals surface area contributed by atoms with Crippen molar-refractivity contribution in [3.63, 3.8) is 0 Å². The quantitative estimate of drug-likeness (QED) is 0.938. The Labute approximate surface area is 130 Å². The van der Waals surface area contributed by atoms with E-state index < -0.39 is 0 Å². The average molecular weight is 299 g/mol. The number of benzene rings is 1. The summed E-state index contributed by atoms with van der Waals surface area (Å²) in [5.74, 6) is 0.657. The molecule has 1 aromatic heterocycles.